The molecule has 0 atom stereocenters. The first kappa shape index (κ1) is 18.3. The van der Waals surface area contributed by atoms with Gasteiger partial charge in [0.25, 0.3) is 0 Å². The molecule has 132 valence electrons. The van der Waals surface area contributed by atoms with Crippen LogP contribution in [-0.4, -0.2) is 32.5 Å². The number of hydrogen-bond acceptors (Lipinski definition) is 6. The van der Waals surface area contributed by atoms with Crippen LogP contribution < -0.4 is 14.8 Å². The summed E-state index contributed by atoms with van der Waals surface area (Å²) in [6.07, 6.45) is 0.992. The third-order valence-corrected chi connectivity index (χ3v) is 3.81. The molecule has 0 radical (unpaired) electrons. The van der Waals surface area contributed by atoms with Crippen molar-refractivity contribution in [3.05, 3.63) is 40.8 Å². The lowest BCUT2D eigenvalue weighted by molar-refractivity contribution is 0.194. The van der Waals surface area contributed by atoms with Gasteiger partial charge in [-0.25, -0.2) is 0 Å². The zero-order valence-corrected chi connectivity index (χ0v) is 14.8. The molecule has 0 amide bonds. The lowest BCUT2D eigenvalue weighted by Gasteiger charge is -2.12. The van der Waals surface area contributed by atoms with Gasteiger partial charge >= 0.3 is 0 Å². The quantitative estimate of drug-likeness (QED) is 0.674. The number of nitrogens with one attached hydrogen (secondary N) is 1. The normalized spacial score (nSPS) is 10.8. The molecular weight excluding hydrogens is 308 g/mol. The van der Waals surface area contributed by atoms with Crippen LogP contribution in [0.15, 0.2) is 22.7 Å². The van der Waals surface area contributed by atoms with Gasteiger partial charge in [-0.1, -0.05) is 11.2 Å². The van der Waals surface area contributed by atoms with Crippen molar-refractivity contribution in [3.63, 3.8) is 0 Å². The Morgan fingerprint density at radius 3 is 2.67 bits per heavy atom. The topological polar surface area (TPSA) is 65.8 Å². The van der Waals surface area contributed by atoms with E-state index in [9.17, 15) is 0 Å². The molecule has 0 aliphatic heterocycles. The number of aromatic nitrogens is 1. The number of ether oxygens (including phenoxy) is 3. The van der Waals surface area contributed by atoms with Gasteiger partial charge in [-0.3, -0.25) is 0 Å². The van der Waals surface area contributed by atoms with Crippen molar-refractivity contribution >= 4 is 0 Å². The molecule has 6 heteroatoms. The van der Waals surface area contributed by atoms with Gasteiger partial charge in [0.15, 0.2) is 11.5 Å². The van der Waals surface area contributed by atoms with E-state index in [0.29, 0.717) is 12.4 Å². The molecule has 0 aliphatic carbocycles. The summed E-state index contributed by atoms with van der Waals surface area (Å²) < 4.78 is 21.5. The highest BCUT2D eigenvalue weighted by Gasteiger charge is 2.12. The summed E-state index contributed by atoms with van der Waals surface area (Å²) in [5.41, 5.74) is 2.97. The minimum atomic E-state index is 0.409. The predicted molar refractivity (Wildman–Crippen MR) is 91.5 cm³/mol. The zero-order chi connectivity index (χ0) is 17.4. The van der Waals surface area contributed by atoms with Crippen molar-refractivity contribution in [2.75, 3.05) is 27.4 Å². The lowest BCUT2D eigenvalue weighted by Crippen LogP contribution is -2.16. The first-order valence-corrected chi connectivity index (χ1v) is 8.06. The van der Waals surface area contributed by atoms with E-state index < -0.39 is 0 Å². The molecule has 0 spiro atoms. The van der Waals surface area contributed by atoms with Gasteiger partial charge in [0.1, 0.15) is 12.4 Å². The maximum Gasteiger partial charge on any atom is 0.161 e. The van der Waals surface area contributed by atoms with E-state index in [4.69, 9.17) is 18.7 Å². The van der Waals surface area contributed by atoms with Crippen molar-refractivity contribution in [1.29, 1.82) is 0 Å². The number of benzene rings is 1. The summed E-state index contributed by atoms with van der Waals surface area (Å²) in [6, 6.07) is 5.96. The van der Waals surface area contributed by atoms with Crippen molar-refractivity contribution < 1.29 is 18.7 Å². The molecule has 1 aromatic heterocycles. The average Bonchev–Trinajstić information content (AvgIpc) is 2.91. The molecule has 0 aliphatic rings. The first-order valence-electron chi connectivity index (χ1n) is 8.06. The van der Waals surface area contributed by atoms with Crippen molar-refractivity contribution in [1.82, 2.24) is 10.5 Å². The highest BCUT2D eigenvalue weighted by molar-refractivity contribution is 5.43. The van der Waals surface area contributed by atoms with Gasteiger partial charge in [0.2, 0.25) is 0 Å². The van der Waals surface area contributed by atoms with Gasteiger partial charge in [-0.15, -0.1) is 0 Å². The Hall–Kier alpha value is -2.05. The molecule has 24 heavy (non-hydrogen) atoms. The number of rotatable bonds is 10. The molecule has 1 N–H and O–H groups in total. The van der Waals surface area contributed by atoms with Crippen LogP contribution in [0, 0.1) is 13.8 Å². The molecule has 0 fully saturated rings. The smallest absolute Gasteiger partial charge is 0.161 e. The Morgan fingerprint density at radius 2 is 2.00 bits per heavy atom. The van der Waals surface area contributed by atoms with Crippen LogP contribution in [-0.2, 0) is 17.9 Å². The van der Waals surface area contributed by atoms with Crippen LogP contribution in [0.3, 0.4) is 0 Å². The third-order valence-electron chi connectivity index (χ3n) is 3.81. The van der Waals surface area contributed by atoms with Crippen LogP contribution in [0.5, 0.6) is 11.5 Å². The Morgan fingerprint density at radius 1 is 1.17 bits per heavy atom. The zero-order valence-electron chi connectivity index (χ0n) is 14.8. The van der Waals surface area contributed by atoms with Gasteiger partial charge in [0.05, 0.1) is 18.4 Å². The summed E-state index contributed by atoms with van der Waals surface area (Å²) in [4.78, 5) is 0. The summed E-state index contributed by atoms with van der Waals surface area (Å²) >= 11 is 0. The second kappa shape index (κ2) is 9.30. The summed E-state index contributed by atoms with van der Waals surface area (Å²) in [7, 11) is 3.36. The number of nitrogens with zero attached hydrogens (tertiary/aromatic N) is 1. The lowest BCUT2D eigenvalue weighted by atomic mass is 10.2. The molecule has 2 aromatic rings. The molecule has 2 rings (SSSR count). The number of methoxy groups -OCH3 is 2. The Balaban J connectivity index is 1.93. The van der Waals surface area contributed by atoms with Gasteiger partial charge < -0.3 is 24.1 Å². The summed E-state index contributed by atoms with van der Waals surface area (Å²) in [6.45, 7) is 6.67. The maximum atomic E-state index is 5.88. The molecule has 0 saturated carbocycles. The largest absolute Gasteiger partial charge is 0.493 e. The van der Waals surface area contributed by atoms with Crippen LogP contribution in [0.4, 0.5) is 0 Å². The predicted octanol–water partition coefficient (Wildman–Crippen LogP) is 3.01. The van der Waals surface area contributed by atoms with E-state index in [-0.39, 0.29) is 0 Å². The standard InChI is InChI=1S/C18H26N2O4/c1-13-16(14(2)24-20-13)12-23-17-7-6-15(10-18(17)22-4)11-19-8-5-9-21-3/h6-7,10,19H,5,8-9,11-12H2,1-4H3. The molecule has 1 aromatic carbocycles. The van der Waals surface area contributed by atoms with E-state index in [1.807, 2.05) is 32.0 Å². The van der Waals surface area contributed by atoms with E-state index >= 15 is 0 Å². The number of aryl methyl sites for hydroxylation is 2. The second-order valence-electron chi connectivity index (χ2n) is 5.60. The Labute approximate surface area is 143 Å². The molecule has 0 bridgehead atoms. The fourth-order valence-electron chi connectivity index (χ4n) is 2.37. The van der Waals surface area contributed by atoms with Gasteiger partial charge in [-0.2, -0.15) is 0 Å². The Bertz CT molecular complexity index is 620. The van der Waals surface area contributed by atoms with E-state index in [1.54, 1.807) is 14.2 Å². The van der Waals surface area contributed by atoms with E-state index in [1.165, 1.54) is 0 Å². The highest BCUT2D eigenvalue weighted by atomic mass is 16.5. The van der Waals surface area contributed by atoms with Crippen molar-refractivity contribution in [2.45, 2.75) is 33.4 Å². The molecular formula is C18H26N2O4. The SMILES string of the molecule is COCCCNCc1ccc(OCc2c(C)noc2C)c(OC)c1. The van der Waals surface area contributed by atoms with Crippen LogP contribution >= 0.6 is 0 Å². The highest BCUT2D eigenvalue weighted by Crippen LogP contribution is 2.29. The van der Waals surface area contributed by atoms with E-state index in [0.717, 1.165) is 54.4 Å². The van der Waals surface area contributed by atoms with E-state index in [2.05, 4.69) is 10.5 Å². The van der Waals surface area contributed by atoms with Crippen LogP contribution in [0.2, 0.25) is 0 Å². The van der Waals surface area contributed by atoms with Crippen molar-refractivity contribution in [3.8, 4) is 11.5 Å². The molecule has 6 nitrogen and oxygen atoms in total. The average molecular weight is 334 g/mol. The summed E-state index contributed by atoms with van der Waals surface area (Å²) in [5.74, 6) is 2.21. The third kappa shape index (κ3) is 4.97. The monoisotopic (exact) mass is 334 g/mol. The molecule has 0 unspecified atom stereocenters. The first-order chi connectivity index (χ1) is 11.7. The van der Waals surface area contributed by atoms with Crippen LogP contribution in [0.1, 0.15) is 29.0 Å². The fourth-order valence-corrected chi connectivity index (χ4v) is 2.37. The number of hydrogen-bond donors (Lipinski definition) is 1. The minimum absolute atomic E-state index is 0.409. The Kier molecular flexibility index (Phi) is 7.08. The van der Waals surface area contributed by atoms with Gasteiger partial charge in [0, 0.05) is 20.3 Å². The second-order valence-corrected chi connectivity index (χ2v) is 5.60. The van der Waals surface area contributed by atoms with Crippen LogP contribution in [0.25, 0.3) is 0 Å². The van der Waals surface area contributed by atoms with Gasteiger partial charge in [-0.05, 0) is 44.5 Å². The maximum absolute atomic E-state index is 5.88. The minimum Gasteiger partial charge on any atom is -0.493 e. The molecule has 0 saturated heterocycles. The molecule has 1 heterocycles. The summed E-state index contributed by atoms with van der Waals surface area (Å²) in [5, 5.41) is 7.32. The van der Waals surface area contributed by atoms with Crippen molar-refractivity contribution in [2.24, 2.45) is 0 Å². The fraction of sp³-hybridized carbons (Fsp3) is 0.500.